The Morgan fingerprint density at radius 2 is 1.79 bits per heavy atom. The normalized spacial score (nSPS) is 10.9. The topological polar surface area (TPSA) is 80.5 Å². The summed E-state index contributed by atoms with van der Waals surface area (Å²) in [6.07, 6.45) is 0.921. The first-order valence-electron chi connectivity index (χ1n) is 3.77. The summed E-state index contributed by atoms with van der Waals surface area (Å²) in [4.78, 5) is 10.9. The molecule has 0 aromatic heterocycles. The van der Waals surface area contributed by atoms with Crippen molar-refractivity contribution in [3.05, 3.63) is 30.3 Å². The van der Waals surface area contributed by atoms with Crippen LogP contribution < -0.4 is 10.0 Å². The van der Waals surface area contributed by atoms with Crippen LogP contribution in [0.25, 0.3) is 0 Å². The predicted molar refractivity (Wildman–Crippen MR) is 53.3 cm³/mol. The van der Waals surface area contributed by atoms with Crippen molar-refractivity contribution in [3.63, 3.8) is 0 Å². The summed E-state index contributed by atoms with van der Waals surface area (Å²) >= 11 is 0. The number of hydrogen-bond acceptors (Lipinski definition) is 3. The van der Waals surface area contributed by atoms with Gasteiger partial charge in [0.1, 0.15) is 0 Å². The molecule has 76 valence electrons. The van der Waals surface area contributed by atoms with Gasteiger partial charge in [-0.25, -0.2) is 13.2 Å². The van der Waals surface area contributed by atoms with Crippen LogP contribution in [0.3, 0.4) is 0 Å². The molecule has 2 amide bonds. The zero-order valence-corrected chi connectivity index (χ0v) is 8.36. The number of carbonyl (C=O) groups excluding carboxylic acids is 1. The van der Waals surface area contributed by atoms with Gasteiger partial charge in [-0.1, -0.05) is 18.2 Å². The molecule has 0 atom stereocenters. The number of nitrogens with zero attached hydrogens (tertiary/aromatic N) is 1. The number of hydrogen-bond donors (Lipinski definition) is 1. The van der Waals surface area contributed by atoms with Gasteiger partial charge < -0.3 is 5.73 Å². The lowest BCUT2D eigenvalue weighted by atomic mass is 10.3. The number of carbonyl (C=O) groups is 1. The number of urea groups is 1. The third kappa shape index (κ3) is 2.23. The molecular formula is C8H10N2O3S. The second kappa shape index (κ2) is 3.67. The highest BCUT2D eigenvalue weighted by Crippen LogP contribution is 2.15. The van der Waals surface area contributed by atoms with Gasteiger partial charge in [-0.2, -0.15) is 4.31 Å². The van der Waals surface area contributed by atoms with Crippen LogP contribution in [-0.2, 0) is 10.0 Å². The van der Waals surface area contributed by atoms with E-state index in [1.54, 1.807) is 18.2 Å². The van der Waals surface area contributed by atoms with Crippen LogP contribution in [0.5, 0.6) is 0 Å². The minimum absolute atomic E-state index is 0.238. The molecule has 14 heavy (non-hydrogen) atoms. The molecule has 2 N–H and O–H groups in total. The molecule has 0 aliphatic heterocycles. The molecule has 1 aromatic carbocycles. The molecule has 0 bridgehead atoms. The second-order valence-electron chi connectivity index (χ2n) is 2.70. The number of nitrogens with two attached hydrogens (primary N) is 1. The van der Waals surface area contributed by atoms with Gasteiger partial charge in [-0.15, -0.1) is 0 Å². The van der Waals surface area contributed by atoms with E-state index in [1.807, 2.05) is 0 Å². The minimum Gasteiger partial charge on any atom is -0.350 e. The summed E-state index contributed by atoms with van der Waals surface area (Å²) in [7, 11) is -3.66. The van der Waals surface area contributed by atoms with Gasteiger partial charge in [-0.05, 0) is 12.1 Å². The average molecular weight is 214 g/mol. The smallest absolute Gasteiger partial charge is 0.333 e. The maximum absolute atomic E-state index is 11.2. The Labute approximate surface area is 82.2 Å². The van der Waals surface area contributed by atoms with E-state index in [0.29, 0.717) is 4.31 Å². The number of benzene rings is 1. The first-order valence-corrected chi connectivity index (χ1v) is 5.62. The third-order valence-corrected chi connectivity index (χ3v) is 2.58. The van der Waals surface area contributed by atoms with E-state index >= 15 is 0 Å². The molecule has 6 heteroatoms. The van der Waals surface area contributed by atoms with Gasteiger partial charge >= 0.3 is 6.03 Å². The van der Waals surface area contributed by atoms with E-state index in [0.717, 1.165) is 6.26 Å². The van der Waals surface area contributed by atoms with Crippen LogP contribution in [0, 0.1) is 0 Å². The Hall–Kier alpha value is -1.56. The van der Waals surface area contributed by atoms with Gasteiger partial charge in [0.25, 0.3) is 0 Å². The fourth-order valence-electron chi connectivity index (χ4n) is 1.05. The average Bonchev–Trinajstić information content (AvgIpc) is 2.02. The number of sulfonamides is 1. The molecule has 0 radical (unpaired) electrons. The van der Waals surface area contributed by atoms with Gasteiger partial charge in [0.05, 0.1) is 11.9 Å². The summed E-state index contributed by atoms with van der Waals surface area (Å²) in [5.74, 6) is 0. The zero-order chi connectivity index (χ0) is 10.8. The zero-order valence-electron chi connectivity index (χ0n) is 7.54. The molecule has 0 aliphatic rings. The van der Waals surface area contributed by atoms with Crippen LogP contribution >= 0.6 is 0 Å². The standard InChI is InChI=1S/C8H10N2O3S/c1-14(12,13)10(8(9)11)7-5-3-2-4-6-7/h2-6H,1H3,(H2,9,11). The molecule has 1 rings (SSSR count). The maximum Gasteiger partial charge on any atom is 0.333 e. The van der Waals surface area contributed by atoms with E-state index in [9.17, 15) is 13.2 Å². The van der Waals surface area contributed by atoms with Gasteiger partial charge in [0.15, 0.2) is 0 Å². The van der Waals surface area contributed by atoms with E-state index in [2.05, 4.69) is 0 Å². The summed E-state index contributed by atoms with van der Waals surface area (Å²) in [5, 5.41) is 0. The van der Waals surface area contributed by atoms with E-state index in [1.165, 1.54) is 12.1 Å². The molecular weight excluding hydrogens is 204 g/mol. The van der Waals surface area contributed by atoms with Crippen molar-refractivity contribution in [1.29, 1.82) is 0 Å². The van der Waals surface area contributed by atoms with Crippen molar-refractivity contribution in [2.45, 2.75) is 0 Å². The Morgan fingerprint density at radius 3 is 2.14 bits per heavy atom. The van der Waals surface area contributed by atoms with Crippen molar-refractivity contribution < 1.29 is 13.2 Å². The monoisotopic (exact) mass is 214 g/mol. The Kier molecular flexibility index (Phi) is 2.76. The predicted octanol–water partition coefficient (Wildman–Crippen LogP) is 0.531. The number of para-hydroxylation sites is 1. The summed E-state index contributed by atoms with van der Waals surface area (Å²) < 4.78 is 22.9. The largest absolute Gasteiger partial charge is 0.350 e. The third-order valence-electron chi connectivity index (χ3n) is 1.52. The first kappa shape index (κ1) is 10.5. The Balaban J connectivity index is 3.22. The van der Waals surface area contributed by atoms with E-state index in [-0.39, 0.29) is 5.69 Å². The van der Waals surface area contributed by atoms with Crippen molar-refractivity contribution in [2.75, 3.05) is 10.6 Å². The van der Waals surface area contributed by atoms with Gasteiger partial charge in [0, 0.05) is 0 Å². The van der Waals surface area contributed by atoms with Crippen LogP contribution in [-0.4, -0.2) is 20.7 Å². The minimum atomic E-state index is -3.66. The summed E-state index contributed by atoms with van der Waals surface area (Å²) in [6.45, 7) is 0. The first-order chi connectivity index (χ1) is 6.43. The summed E-state index contributed by atoms with van der Waals surface area (Å²) in [5.41, 5.74) is 5.20. The van der Waals surface area contributed by atoms with Crippen LogP contribution in [0.15, 0.2) is 30.3 Å². The van der Waals surface area contributed by atoms with Crippen molar-refractivity contribution in [1.82, 2.24) is 0 Å². The van der Waals surface area contributed by atoms with Crippen LogP contribution in [0.1, 0.15) is 0 Å². The number of anilines is 1. The maximum atomic E-state index is 11.2. The summed E-state index contributed by atoms with van der Waals surface area (Å²) in [6, 6.07) is 6.92. The molecule has 0 fully saturated rings. The SMILES string of the molecule is CS(=O)(=O)N(C(N)=O)c1ccccc1. The lowest BCUT2D eigenvalue weighted by Crippen LogP contribution is -2.40. The molecule has 0 aliphatic carbocycles. The second-order valence-corrected chi connectivity index (χ2v) is 4.53. The Morgan fingerprint density at radius 1 is 1.29 bits per heavy atom. The van der Waals surface area contributed by atoms with Crippen molar-refractivity contribution >= 4 is 21.7 Å². The quantitative estimate of drug-likeness (QED) is 0.779. The highest BCUT2D eigenvalue weighted by atomic mass is 32.2. The molecule has 0 unspecified atom stereocenters. The molecule has 1 aromatic rings. The molecule has 0 spiro atoms. The fraction of sp³-hybridized carbons (Fsp3) is 0.125. The molecule has 0 saturated carbocycles. The molecule has 5 nitrogen and oxygen atoms in total. The van der Waals surface area contributed by atoms with Crippen molar-refractivity contribution in [2.24, 2.45) is 5.73 Å². The number of primary amides is 1. The van der Waals surface area contributed by atoms with Crippen LogP contribution in [0.2, 0.25) is 0 Å². The number of rotatable bonds is 2. The lowest BCUT2D eigenvalue weighted by molar-refractivity contribution is 0.257. The van der Waals surface area contributed by atoms with Gasteiger partial charge in [-0.3, -0.25) is 0 Å². The highest BCUT2D eigenvalue weighted by molar-refractivity contribution is 7.92. The van der Waals surface area contributed by atoms with Crippen molar-refractivity contribution in [3.8, 4) is 0 Å². The van der Waals surface area contributed by atoms with Gasteiger partial charge in [0.2, 0.25) is 10.0 Å². The van der Waals surface area contributed by atoms with Crippen LogP contribution in [0.4, 0.5) is 10.5 Å². The van der Waals surface area contributed by atoms with E-state index in [4.69, 9.17) is 5.73 Å². The van der Waals surface area contributed by atoms with E-state index < -0.39 is 16.1 Å². The Bertz CT molecular complexity index is 427. The number of amides is 2. The lowest BCUT2D eigenvalue weighted by Gasteiger charge is -2.17. The molecule has 0 heterocycles. The fourth-order valence-corrected chi connectivity index (χ4v) is 1.88. The highest BCUT2D eigenvalue weighted by Gasteiger charge is 2.22. The molecule has 0 saturated heterocycles.